The van der Waals surface area contributed by atoms with Gasteiger partial charge in [0.2, 0.25) is 5.91 Å². The van der Waals surface area contributed by atoms with Crippen LogP contribution in [0.1, 0.15) is 37.7 Å². The Kier molecular flexibility index (Phi) is 6.00. The molecule has 2 aliphatic heterocycles. The SMILES string of the molecule is Cl.N#Cc1ccnc(N2CCN(C(=O)C3CC4CCCCC4N3)CC2)c1. The number of aromatic nitrogens is 1. The molecule has 0 radical (unpaired) electrons. The first kappa shape index (κ1) is 18.9. The van der Waals surface area contributed by atoms with E-state index in [-0.39, 0.29) is 24.4 Å². The maximum atomic E-state index is 12.9. The molecule has 0 spiro atoms. The number of nitriles is 1. The van der Waals surface area contributed by atoms with E-state index in [4.69, 9.17) is 5.26 Å². The highest BCUT2D eigenvalue weighted by molar-refractivity contribution is 5.85. The van der Waals surface area contributed by atoms with Gasteiger partial charge >= 0.3 is 0 Å². The van der Waals surface area contributed by atoms with E-state index in [1.165, 1.54) is 25.7 Å². The van der Waals surface area contributed by atoms with Crippen LogP contribution in [0.25, 0.3) is 0 Å². The third-order valence-electron chi connectivity index (χ3n) is 5.95. The van der Waals surface area contributed by atoms with Crippen molar-refractivity contribution in [1.29, 1.82) is 5.26 Å². The molecule has 7 heteroatoms. The first-order valence-corrected chi connectivity index (χ1v) is 9.40. The number of nitrogens with zero attached hydrogens (tertiary/aromatic N) is 4. The average Bonchev–Trinajstić information content (AvgIpc) is 3.12. The topological polar surface area (TPSA) is 72.3 Å². The summed E-state index contributed by atoms with van der Waals surface area (Å²) in [6, 6.07) is 6.26. The third-order valence-corrected chi connectivity index (χ3v) is 5.95. The number of rotatable bonds is 2. The Balaban J connectivity index is 0.00000196. The second kappa shape index (κ2) is 8.24. The summed E-state index contributed by atoms with van der Waals surface area (Å²) in [5.41, 5.74) is 0.626. The predicted molar refractivity (Wildman–Crippen MR) is 102 cm³/mol. The van der Waals surface area contributed by atoms with Crippen molar-refractivity contribution in [1.82, 2.24) is 15.2 Å². The van der Waals surface area contributed by atoms with Gasteiger partial charge in [-0.15, -0.1) is 12.4 Å². The minimum absolute atomic E-state index is 0. The Morgan fingerprint density at radius 1 is 1.23 bits per heavy atom. The summed E-state index contributed by atoms with van der Waals surface area (Å²) in [4.78, 5) is 21.4. The Hall–Kier alpha value is -1.84. The van der Waals surface area contributed by atoms with Crippen molar-refractivity contribution >= 4 is 24.1 Å². The number of amides is 1. The quantitative estimate of drug-likeness (QED) is 0.855. The van der Waals surface area contributed by atoms with Crippen LogP contribution in [0.4, 0.5) is 5.82 Å². The van der Waals surface area contributed by atoms with Gasteiger partial charge in [-0.05, 0) is 37.3 Å². The monoisotopic (exact) mass is 375 g/mol. The van der Waals surface area contributed by atoms with Gasteiger partial charge in [-0.1, -0.05) is 12.8 Å². The van der Waals surface area contributed by atoms with Crippen molar-refractivity contribution in [3.05, 3.63) is 23.9 Å². The summed E-state index contributed by atoms with van der Waals surface area (Å²) < 4.78 is 0. The number of hydrogen-bond donors (Lipinski definition) is 1. The number of pyridine rings is 1. The fourth-order valence-electron chi connectivity index (χ4n) is 4.55. The number of carbonyl (C=O) groups is 1. The molecule has 1 N–H and O–H groups in total. The van der Waals surface area contributed by atoms with Crippen LogP contribution in [-0.4, -0.2) is 54.1 Å². The Labute approximate surface area is 161 Å². The molecule has 1 aliphatic carbocycles. The maximum absolute atomic E-state index is 12.9. The van der Waals surface area contributed by atoms with E-state index in [1.807, 2.05) is 11.0 Å². The summed E-state index contributed by atoms with van der Waals surface area (Å²) in [5, 5.41) is 12.6. The van der Waals surface area contributed by atoms with Crippen molar-refractivity contribution < 1.29 is 4.79 Å². The van der Waals surface area contributed by atoms with Crippen LogP contribution in [0.5, 0.6) is 0 Å². The van der Waals surface area contributed by atoms with Crippen LogP contribution in [-0.2, 0) is 4.79 Å². The molecule has 26 heavy (non-hydrogen) atoms. The van der Waals surface area contributed by atoms with Gasteiger partial charge in [-0.3, -0.25) is 4.79 Å². The van der Waals surface area contributed by atoms with Crippen molar-refractivity contribution in [2.45, 2.75) is 44.2 Å². The Morgan fingerprint density at radius 2 is 2.00 bits per heavy atom. The molecule has 1 amide bonds. The molecule has 3 atom stereocenters. The lowest BCUT2D eigenvalue weighted by Crippen LogP contribution is -2.53. The van der Waals surface area contributed by atoms with E-state index in [2.05, 4.69) is 21.3 Å². The van der Waals surface area contributed by atoms with Gasteiger partial charge in [0, 0.05) is 38.4 Å². The summed E-state index contributed by atoms with van der Waals surface area (Å²) in [7, 11) is 0. The molecule has 140 valence electrons. The van der Waals surface area contributed by atoms with Crippen LogP contribution < -0.4 is 10.2 Å². The molecule has 0 bridgehead atoms. The van der Waals surface area contributed by atoms with E-state index in [0.29, 0.717) is 17.5 Å². The molecule has 6 nitrogen and oxygen atoms in total. The molecule has 3 aliphatic rings. The summed E-state index contributed by atoms with van der Waals surface area (Å²) in [6.45, 7) is 3.00. The summed E-state index contributed by atoms with van der Waals surface area (Å²) in [5.74, 6) is 1.80. The lowest BCUT2D eigenvalue weighted by atomic mass is 9.85. The number of hydrogen-bond acceptors (Lipinski definition) is 5. The minimum atomic E-state index is 0. The van der Waals surface area contributed by atoms with E-state index >= 15 is 0 Å². The number of fused-ring (bicyclic) bond motifs is 1. The van der Waals surface area contributed by atoms with E-state index in [0.717, 1.165) is 38.4 Å². The highest BCUT2D eigenvalue weighted by Crippen LogP contribution is 2.33. The number of halogens is 1. The number of anilines is 1. The van der Waals surface area contributed by atoms with Crippen LogP contribution in [0, 0.1) is 17.2 Å². The molecular weight excluding hydrogens is 350 g/mol. The fourth-order valence-corrected chi connectivity index (χ4v) is 4.55. The van der Waals surface area contributed by atoms with Crippen LogP contribution in [0.3, 0.4) is 0 Å². The standard InChI is InChI=1S/C19H25N5O.ClH/c20-13-14-5-6-21-18(11-14)23-7-9-24(10-8-23)19(25)17-12-15-3-1-2-4-16(15)22-17;/h5-6,11,15-17,22H,1-4,7-10,12H2;1H. The molecule has 1 saturated carbocycles. The maximum Gasteiger partial charge on any atom is 0.239 e. The molecule has 3 fully saturated rings. The largest absolute Gasteiger partial charge is 0.353 e. The van der Waals surface area contributed by atoms with Crippen molar-refractivity contribution in [3.63, 3.8) is 0 Å². The van der Waals surface area contributed by atoms with E-state index in [9.17, 15) is 4.79 Å². The second-order valence-electron chi connectivity index (χ2n) is 7.43. The Bertz CT molecular complexity index is 669. The molecule has 1 aromatic rings. The van der Waals surface area contributed by atoms with Crippen LogP contribution in [0.15, 0.2) is 18.3 Å². The molecule has 0 aromatic carbocycles. The number of piperazine rings is 1. The zero-order valence-corrected chi connectivity index (χ0v) is 15.7. The molecule has 1 aromatic heterocycles. The smallest absolute Gasteiger partial charge is 0.239 e. The van der Waals surface area contributed by atoms with Gasteiger partial charge in [0.25, 0.3) is 0 Å². The average molecular weight is 376 g/mol. The molecule has 3 unspecified atom stereocenters. The van der Waals surface area contributed by atoms with Gasteiger partial charge in [-0.2, -0.15) is 5.26 Å². The zero-order valence-electron chi connectivity index (χ0n) is 14.9. The number of carbonyl (C=O) groups excluding carboxylic acids is 1. The van der Waals surface area contributed by atoms with Crippen LogP contribution in [0.2, 0.25) is 0 Å². The first-order chi connectivity index (χ1) is 12.2. The van der Waals surface area contributed by atoms with Gasteiger partial charge in [0.15, 0.2) is 0 Å². The van der Waals surface area contributed by atoms with Gasteiger partial charge in [0.1, 0.15) is 5.82 Å². The van der Waals surface area contributed by atoms with Crippen LogP contribution >= 0.6 is 12.4 Å². The second-order valence-corrected chi connectivity index (χ2v) is 7.43. The number of nitrogens with one attached hydrogen (secondary N) is 1. The van der Waals surface area contributed by atoms with Gasteiger partial charge in [0.05, 0.1) is 17.7 Å². The van der Waals surface area contributed by atoms with E-state index < -0.39 is 0 Å². The van der Waals surface area contributed by atoms with Gasteiger partial charge in [-0.25, -0.2) is 4.98 Å². The van der Waals surface area contributed by atoms with E-state index in [1.54, 1.807) is 12.3 Å². The molecule has 2 saturated heterocycles. The van der Waals surface area contributed by atoms with Gasteiger partial charge < -0.3 is 15.1 Å². The van der Waals surface area contributed by atoms with Crippen molar-refractivity contribution in [3.8, 4) is 6.07 Å². The fraction of sp³-hybridized carbons (Fsp3) is 0.632. The highest BCUT2D eigenvalue weighted by Gasteiger charge is 2.40. The predicted octanol–water partition coefficient (Wildman–Crippen LogP) is 1.94. The zero-order chi connectivity index (χ0) is 17.2. The summed E-state index contributed by atoms with van der Waals surface area (Å²) >= 11 is 0. The lowest BCUT2D eigenvalue weighted by Gasteiger charge is -2.36. The molecule has 3 heterocycles. The highest BCUT2D eigenvalue weighted by atomic mass is 35.5. The van der Waals surface area contributed by atoms with Crippen molar-refractivity contribution in [2.75, 3.05) is 31.1 Å². The third kappa shape index (κ3) is 3.79. The lowest BCUT2D eigenvalue weighted by molar-refractivity contribution is -0.133. The molecule has 4 rings (SSSR count). The normalized spacial score (nSPS) is 28.0. The van der Waals surface area contributed by atoms with Crippen molar-refractivity contribution in [2.24, 2.45) is 5.92 Å². The Morgan fingerprint density at radius 3 is 2.73 bits per heavy atom. The minimum Gasteiger partial charge on any atom is -0.353 e. The summed E-state index contributed by atoms with van der Waals surface area (Å²) in [6.07, 6.45) is 7.80. The molecular formula is C19H26ClN5O. The first-order valence-electron chi connectivity index (χ1n) is 9.40.